The number of rotatable bonds is 0. The van der Waals surface area contributed by atoms with Crippen molar-refractivity contribution in [2.24, 2.45) is 5.10 Å². The van der Waals surface area contributed by atoms with E-state index in [1.54, 1.807) is 0 Å². The Labute approximate surface area is 42.9 Å². The third kappa shape index (κ3) is 1.05. The maximum Gasteiger partial charge on any atom is 0.0460 e. The molecule has 0 amide bonds. The standard InChI is InChI=1S/C5H8N2/c1-5-3-2-4-6-7-5/h2,5,7H,3H2,1H3. The fraction of sp³-hybridized carbons (Fsp3) is 0.600. The van der Waals surface area contributed by atoms with Gasteiger partial charge in [0.1, 0.15) is 0 Å². The first-order valence-corrected chi connectivity index (χ1v) is 2.42. The molecule has 1 unspecified atom stereocenters. The first-order valence-electron chi connectivity index (χ1n) is 2.42. The van der Waals surface area contributed by atoms with Crippen LogP contribution in [0.1, 0.15) is 13.3 Å². The second-order valence-corrected chi connectivity index (χ2v) is 1.71. The molecule has 2 heteroatoms. The largest absolute Gasteiger partial charge is 0.299 e. The van der Waals surface area contributed by atoms with Gasteiger partial charge in [0.2, 0.25) is 0 Å². The van der Waals surface area contributed by atoms with Gasteiger partial charge in [0.15, 0.2) is 0 Å². The fourth-order valence-corrected chi connectivity index (χ4v) is 0.475. The predicted molar refractivity (Wildman–Crippen MR) is 29.2 cm³/mol. The van der Waals surface area contributed by atoms with E-state index in [0.717, 1.165) is 6.42 Å². The number of hydrazone groups is 1. The van der Waals surface area contributed by atoms with Gasteiger partial charge < -0.3 is 0 Å². The summed E-state index contributed by atoms with van der Waals surface area (Å²) in [6.45, 7) is 2.08. The van der Waals surface area contributed by atoms with Crippen molar-refractivity contribution < 1.29 is 0 Å². The molecule has 1 aliphatic rings. The zero-order valence-electron chi connectivity index (χ0n) is 4.31. The van der Waals surface area contributed by atoms with Crippen molar-refractivity contribution in [2.75, 3.05) is 0 Å². The van der Waals surface area contributed by atoms with E-state index in [4.69, 9.17) is 0 Å². The summed E-state index contributed by atoms with van der Waals surface area (Å²) in [7, 11) is 0. The van der Waals surface area contributed by atoms with Gasteiger partial charge >= 0.3 is 0 Å². The Bertz CT molecular complexity index is 101. The number of hydrogen-bond acceptors (Lipinski definition) is 2. The zero-order chi connectivity index (χ0) is 5.11. The Morgan fingerprint density at radius 3 is 3.14 bits per heavy atom. The SMILES string of the molecule is CC1CC=C=NN1. The van der Waals surface area contributed by atoms with Crippen LogP contribution in [0.3, 0.4) is 0 Å². The van der Waals surface area contributed by atoms with E-state index in [1.165, 1.54) is 0 Å². The van der Waals surface area contributed by atoms with Gasteiger partial charge in [-0.1, -0.05) is 0 Å². The molecule has 1 N–H and O–H groups in total. The van der Waals surface area contributed by atoms with Crippen molar-refractivity contribution in [3.8, 4) is 0 Å². The Morgan fingerprint density at radius 1 is 2.00 bits per heavy atom. The lowest BCUT2D eigenvalue weighted by molar-refractivity contribution is 0.574. The Kier molecular flexibility index (Phi) is 1.14. The van der Waals surface area contributed by atoms with Crippen LogP contribution in [0.2, 0.25) is 0 Å². The molecule has 0 aromatic rings. The summed E-state index contributed by atoms with van der Waals surface area (Å²) >= 11 is 0. The Morgan fingerprint density at radius 2 is 2.86 bits per heavy atom. The third-order valence-corrected chi connectivity index (χ3v) is 0.912. The monoisotopic (exact) mass is 96.1 g/mol. The second-order valence-electron chi connectivity index (χ2n) is 1.71. The van der Waals surface area contributed by atoms with E-state index < -0.39 is 0 Å². The summed E-state index contributed by atoms with van der Waals surface area (Å²) in [5, 5.41) is 3.70. The van der Waals surface area contributed by atoms with Gasteiger partial charge in [0, 0.05) is 11.9 Å². The molecular formula is C5H8N2. The van der Waals surface area contributed by atoms with Crippen molar-refractivity contribution in [2.45, 2.75) is 19.4 Å². The van der Waals surface area contributed by atoms with Crippen LogP contribution in [-0.4, -0.2) is 11.9 Å². The van der Waals surface area contributed by atoms with Gasteiger partial charge in [-0.05, 0) is 19.4 Å². The van der Waals surface area contributed by atoms with Gasteiger partial charge in [0.25, 0.3) is 0 Å². The maximum absolute atomic E-state index is 3.70. The Hall–Kier alpha value is -0.750. The number of nitrogens with one attached hydrogen (secondary N) is 1. The van der Waals surface area contributed by atoms with Crippen molar-refractivity contribution >= 4 is 5.87 Å². The van der Waals surface area contributed by atoms with E-state index in [1.807, 2.05) is 6.08 Å². The summed E-state index contributed by atoms with van der Waals surface area (Å²) in [6.07, 6.45) is 2.98. The molecule has 0 radical (unpaired) electrons. The maximum atomic E-state index is 3.70. The summed E-state index contributed by atoms with van der Waals surface area (Å²) in [5.74, 6) is 2.70. The van der Waals surface area contributed by atoms with Crippen LogP contribution >= 0.6 is 0 Å². The molecule has 0 aromatic carbocycles. The third-order valence-electron chi connectivity index (χ3n) is 0.912. The lowest BCUT2D eigenvalue weighted by Gasteiger charge is -2.07. The van der Waals surface area contributed by atoms with E-state index in [-0.39, 0.29) is 0 Å². The zero-order valence-corrected chi connectivity index (χ0v) is 4.31. The summed E-state index contributed by atoms with van der Waals surface area (Å²) in [6, 6.07) is 0.501. The van der Waals surface area contributed by atoms with E-state index in [2.05, 4.69) is 23.3 Å². The topological polar surface area (TPSA) is 24.4 Å². The van der Waals surface area contributed by atoms with Gasteiger partial charge in [-0.3, -0.25) is 5.43 Å². The molecule has 1 heterocycles. The van der Waals surface area contributed by atoms with E-state index in [9.17, 15) is 0 Å². The Balaban J connectivity index is 2.49. The van der Waals surface area contributed by atoms with Crippen LogP contribution in [0.4, 0.5) is 0 Å². The van der Waals surface area contributed by atoms with Crippen LogP contribution in [0, 0.1) is 0 Å². The van der Waals surface area contributed by atoms with Gasteiger partial charge in [-0.15, -0.1) is 5.10 Å². The van der Waals surface area contributed by atoms with Gasteiger partial charge in [0.05, 0.1) is 0 Å². The average molecular weight is 96.1 g/mol. The summed E-state index contributed by atoms with van der Waals surface area (Å²) in [5.41, 5.74) is 2.86. The molecule has 0 fully saturated rings. The number of nitrogens with zero attached hydrogens (tertiary/aromatic N) is 1. The highest BCUT2D eigenvalue weighted by Crippen LogP contribution is 1.91. The van der Waals surface area contributed by atoms with Crippen molar-refractivity contribution in [3.05, 3.63) is 6.08 Å². The predicted octanol–water partition coefficient (Wildman–Crippen LogP) is 0.509. The molecule has 1 rings (SSSR count). The minimum absolute atomic E-state index is 0.501. The minimum atomic E-state index is 0.501. The minimum Gasteiger partial charge on any atom is -0.299 e. The van der Waals surface area contributed by atoms with Crippen LogP contribution < -0.4 is 5.43 Å². The van der Waals surface area contributed by atoms with E-state index >= 15 is 0 Å². The molecule has 2 nitrogen and oxygen atoms in total. The number of hydrogen-bond donors (Lipinski definition) is 1. The molecule has 38 valence electrons. The van der Waals surface area contributed by atoms with Crippen molar-refractivity contribution in [3.63, 3.8) is 0 Å². The average Bonchev–Trinajstić information content (AvgIpc) is 1.69. The molecule has 1 atom stereocenters. The highest BCUT2D eigenvalue weighted by atomic mass is 15.3. The lowest BCUT2D eigenvalue weighted by Crippen LogP contribution is -2.21. The fourth-order valence-electron chi connectivity index (χ4n) is 0.475. The molecular weight excluding hydrogens is 88.1 g/mol. The lowest BCUT2D eigenvalue weighted by atomic mass is 10.2. The quantitative estimate of drug-likeness (QED) is 0.467. The van der Waals surface area contributed by atoms with Crippen LogP contribution in [0.25, 0.3) is 0 Å². The summed E-state index contributed by atoms with van der Waals surface area (Å²) < 4.78 is 0. The van der Waals surface area contributed by atoms with Gasteiger partial charge in [-0.2, -0.15) is 0 Å². The van der Waals surface area contributed by atoms with Crippen LogP contribution in [-0.2, 0) is 0 Å². The first-order chi connectivity index (χ1) is 3.39. The van der Waals surface area contributed by atoms with Crippen molar-refractivity contribution in [1.29, 1.82) is 0 Å². The smallest absolute Gasteiger partial charge is 0.0460 e. The molecule has 0 bridgehead atoms. The molecule has 0 saturated carbocycles. The first kappa shape index (κ1) is 4.41. The molecule has 0 aromatic heterocycles. The van der Waals surface area contributed by atoms with Crippen LogP contribution in [0.5, 0.6) is 0 Å². The van der Waals surface area contributed by atoms with Crippen LogP contribution in [0.15, 0.2) is 11.2 Å². The van der Waals surface area contributed by atoms with Crippen molar-refractivity contribution in [1.82, 2.24) is 5.43 Å². The molecule has 0 saturated heterocycles. The molecule has 1 aliphatic heterocycles. The summed E-state index contributed by atoms with van der Waals surface area (Å²) in [4.78, 5) is 0. The molecule has 0 aliphatic carbocycles. The highest BCUT2D eigenvalue weighted by Gasteiger charge is 1.95. The van der Waals surface area contributed by atoms with E-state index in [0.29, 0.717) is 6.04 Å². The molecule has 7 heavy (non-hydrogen) atoms. The molecule has 0 spiro atoms. The van der Waals surface area contributed by atoms with Gasteiger partial charge in [-0.25, -0.2) is 0 Å². The highest BCUT2D eigenvalue weighted by molar-refractivity contribution is 5.51. The second kappa shape index (κ2) is 1.80. The normalized spacial score (nSPS) is 27.3.